The smallest absolute Gasteiger partial charge is 0.360 e. The highest BCUT2D eigenvalue weighted by atomic mass is 16.5. The number of carbonyl (C=O) groups is 1. The van der Waals surface area contributed by atoms with Gasteiger partial charge in [0, 0.05) is 24.1 Å². The van der Waals surface area contributed by atoms with Crippen molar-refractivity contribution in [3.8, 4) is 5.88 Å². The van der Waals surface area contributed by atoms with E-state index < -0.39 is 11.5 Å². The zero-order valence-corrected chi connectivity index (χ0v) is 13.8. The van der Waals surface area contributed by atoms with Gasteiger partial charge >= 0.3 is 5.63 Å². The number of amides is 1. The van der Waals surface area contributed by atoms with E-state index in [0.29, 0.717) is 30.2 Å². The van der Waals surface area contributed by atoms with Gasteiger partial charge in [-0.1, -0.05) is 18.2 Å². The normalized spacial score (nSPS) is 16.5. The highest BCUT2D eigenvalue weighted by Crippen LogP contribution is 2.17. The molecule has 0 bridgehead atoms. The summed E-state index contributed by atoms with van der Waals surface area (Å²) in [6, 6.07) is 11.9. The minimum absolute atomic E-state index is 0.00981. The van der Waals surface area contributed by atoms with Gasteiger partial charge in [0.05, 0.1) is 18.8 Å². The third-order valence-electron chi connectivity index (χ3n) is 4.06. The van der Waals surface area contributed by atoms with E-state index in [1.807, 2.05) is 6.07 Å². The number of pyridine rings is 1. The topological polar surface area (TPSA) is 90.7 Å². The van der Waals surface area contributed by atoms with E-state index in [-0.39, 0.29) is 11.8 Å². The van der Waals surface area contributed by atoms with E-state index in [1.165, 1.54) is 6.20 Å². The van der Waals surface area contributed by atoms with E-state index in [0.717, 1.165) is 11.8 Å². The number of aromatic nitrogens is 1. The SMILES string of the molecule is O=C(Nc1cc2ccccc2oc1=O)c1ccc(OC2CCOC2)nc1. The molecular weight excluding hydrogens is 336 g/mol. The number of hydrogen-bond donors (Lipinski definition) is 1. The van der Waals surface area contributed by atoms with Gasteiger partial charge in [-0.3, -0.25) is 4.79 Å². The Morgan fingerprint density at radius 2 is 2.12 bits per heavy atom. The van der Waals surface area contributed by atoms with Gasteiger partial charge in [-0.2, -0.15) is 0 Å². The molecule has 1 N–H and O–H groups in total. The van der Waals surface area contributed by atoms with Crippen LogP contribution in [0.3, 0.4) is 0 Å². The van der Waals surface area contributed by atoms with Crippen molar-refractivity contribution in [2.24, 2.45) is 0 Å². The van der Waals surface area contributed by atoms with Crippen molar-refractivity contribution in [2.75, 3.05) is 18.5 Å². The molecule has 7 nitrogen and oxygen atoms in total. The first-order valence-corrected chi connectivity index (χ1v) is 8.24. The lowest BCUT2D eigenvalue weighted by Gasteiger charge is -2.11. The predicted molar refractivity (Wildman–Crippen MR) is 94.5 cm³/mol. The summed E-state index contributed by atoms with van der Waals surface area (Å²) in [6.07, 6.45) is 2.22. The van der Waals surface area contributed by atoms with Crippen LogP contribution < -0.4 is 15.7 Å². The maximum atomic E-state index is 12.4. The number of carbonyl (C=O) groups excluding carboxylic acids is 1. The van der Waals surface area contributed by atoms with Crippen molar-refractivity contribution in [3.63, 3.8) is 0 Å². The van der Waals surface area contributed by atoms with Crippen LogP contribution in [-0.2, 0) is 4.74 Å². The molecule has 7 heteroatoms. The summed E-state index contributed by atoms with van der Waals surface area (Å²) in [5, 5.41) is 3.29. The minimum atomic E-state index is -0.605. The molecule has 4 rings (SSSR count). The van der Waals surface area contributed by atoms with Crippen LogP contribution in [0.25, 0.3) is 11.0 Å². The number of anilines is 1. The van der Waals surface area contributed by atoms with Crippen LogP contribution in [0.2, 0.25) is 0 Å². The zero-order chi connectivity index (χ0) is 17.9. The molecule has 1 atom stereocenters. The van der Waals surface area contributed by atoms with E-state index in [9.17, 15) is 9.59 Å². The molecule has 1 fully saturated rings. The average molecular weight is 352 g/mol. The maximum absolute atomic E-state index is 12.4. The zero-order valence-electron chi connectivity index (χ0n) is 13.8. The van der Waals surface area contributed by atoms with Crippen LogP contribution in [-0.4, -0.2) is 30.2 Å². The molecule has 2 aromatic heterocycles. The summed E-state index contributed by atoms with van der Waals surface area (Å²) >= 11 is 0. The minimum Gasteiger partial charge on any atom is -0.472 e. The Morgan fingerprint density at radius 3 is 2.88 bits per heavy atom. The van der Waals surface area contributed by atoms with Gasteiger partial charge in [-0.15, -0.1) is 0 Å². The maximum Gasteiger partial charge on any atom is 0.360 e. The standard InChI is InChI=1S/C19H16N2O5/c22-18(13-5-6-17(20-10-13)25-14-7-8-24-11-14)21-15-9-12-3-1-2-4-16(12)26-19(15)23/h1-6,9-10,14H,7-8,11H2,(H,21,22). The van der Waals surface area contributed by atoms with Crippen LogP contribution in [0.15, 0.2) is 57.9 Å². The fourth-order valence-electron chi connectivity index (χ4n) is 2.70. The number of hydrogen-bond acceptors (Lipinski definition) is 6. The first-order valence-electron chi connectivity index (χ1n) is 8.24. The van der Waals surface area contributed by atoms with Crippen molar-refractivity contribution in [1.29, 1.82) is 0 Å². The Balaban J connectivity index is 1.49. The molecule has 3 aromatic rings. The molecule has 0 radical (unpaired) electrons. The molecule has 1 aliphatic heterocycles. The van der Waals surface area contributed by atoms with E-state index >= 15 is 0 Å². The second kappa shape index (κ2) is 6.97. The van der Waals surface area contributed by atoms with Gasteiger partial charge in [0.2, 0.25) is 5.88 Å². The monoisotopic (exact) mass is 352 g/mol. The van der Waals surface area contributed by atoms with E-state index in [2.05, 4.69) is 10.3 Å². The lowest BCUT2D eigenvalue weighted by molar-refractivity contribution is 0.102. The molecule has 3 heterocycles. The lowest BCUT2D eigenvalue weighted by Crippen LogP contribution is -2.19. The third kappa shape index (κ3) is 3.43. The Bertz CT molecular complexity index is 991. The van der Waals surface area contributed by atoms with Crippen molar-refractivity contribution in [1.82, 2.24) is 4.98 Å². The Labute approximate surface area is 148 Å². The quantitative estimate of drug-likeness (QED) is 0.726. The first kappa shape index (κ1) is 16.3. The van der Waals surface area contributed by atoms with Crippen molar-refractivity contribution in [3.05, 3.63) is 64.6 Å². The van der Waals surface area contributed by atoms with Crippen LogP contribution in [0.1, 0.15) is 16.8 Å². The summed E-state index contributed by atoms with van der Waals surface area (Å²) in [5.41, 5.74) is 0.255. The number of para-hydroxylation sites is 1. The number of nitrogens with zero attached hydrogens (tertiary/aromatic N) is 1. The van der Waals surface area contributed by atoms with Crippen molar-refractivity contribution >= 4 is 22.6 Å². The molecule has 1 saturated heterocycles. The molecule has 132 valence electrons. The highest BCUT2D eigenvalue weighted by Gasteiger charge is 2.18. The van der Waals surface area contributed by atoms with Crippen LogP contribution in [0, 0.1) is 0 Å². The highest BCUT2D eigenvalue weighted by molar-refractivity contribution is 6.04. The lowest BCUT2D eigenvalue weighted by atomic mass is 10.2. The van der Waals surface area contributed by atoms with E-state index in [4.69, 9.17) is 13.9 Å². The largest absolute Gasteiger partial charge is 0.472 e. The number of rotatable bonds is 4. The van der Waals surface area contributed by atoms with Crippen LogP contribution in [0.4, 0.5) is 5.69 Å². The molecular formula is C19H16N2O5. The molecule has 1 amide bonds. The molecule has 0 aliphatic carbocycles. The van der Waals surface area contributed by atoms with Gasteiger partial charge in [0.15, 0.2) is 0 Å². The van der Waals surface area contributed by atoms with Gasteiger partial charge < -0.3 is 19.2 Å². The molecule has 1 aliphatic rings. The molecule has 0 spiro atoms. The Hall–Kier alpha value is -3.19. The fraction of sp³-hybridized carbons (Fsp3) is 0.211. The number of fused-ring (bicyclic) bond motifs is 1. The van der Waals surface area contributed by atoms with Crippen LogP contribution >= 0.6 is 0 Å². The number of benzene rings is 1. The summed E-state index contributed by atoms with van der Waals surface area (Å²) in [5.74, 6) is -0.0156. The van der Waals surface area contributed by atoms with Gasteiger partial charge in [0.25, 0.3) is 5.91 Å². The number of ether oxygens (including phenoxy) is 2. The van der Waals surface area contributed by atoms with Gasteiger partial charge in [-0.05, 0) is 18.2 Å². The predicted octanol–water partition coefficient (Wildman–Crippen LogP) is 2.61. The molecule has 0 saturated carbocycles. The van der Waals surface area contributed by atoms with Gasteiger partial charge in [0.1, 0.15) is 17.4 Å². The van der Waals surface area contributed by atoms with Gasteiger partial charge in [-0.25, -0.2) is 9.78 Å². The summed E-state index contributed by atoms with van der Waals surface area (Å²) < 4.78 is 16.1. The Kier molecular flexibility index (Phi) is 4.37. The van der Waals surface area contributed by atoms with Crippen LogP contribution in [0.5, 0.6) is 5.88 Å². The molecule has 1 unspecified atom stereocenters. The second-order valence-corrected chi connectivity index (χ2v) is 5.93. The summed E-state index contributed by atoms with van der Waals surface area (Å²) in [7, 11) is 0. The van der Waals surface area contributed by atoms with Crippen molar-refractivity contribution < 1.29 is 18.7 Å². The average Bonchev–Trinajstić information content (AvgIpc) is 3.16. The molecule has 1 aromatic carbocycles. The summed E-state index contributed by atoms with van der Waals surface area (Å²) in [4.78, 5) is 28.5. The second-order valence-electron chi connectivity index (χ2n) is 5.93. The Morgan fingerprint density at radius 1 is 1.23 bits per heavy atom. The molecule has 26 heavy (non-hydrogen) atoms. The van der Waals surface area contributed by atoms with E-state index in [1.54, 1.807) is 36.4 Å². The van der Waals surface area contributed by atoms with Crippen molar-refractivity contribution in [2.45, 2.75) is 12.5 Å². The fourth-order valence-corrected chi connectivity index (χ4v) is 2.70. The number of nitrogens with one attached hydrogen (secondary N) is 1. The third-order valence-corrected chi connectivity index (χ3v) is 4.06. The first-order chi connectivity index (χ1) is 12.7. The summed E-state index contributed by atoms with van der Waals surface area (Å²) in [6.45, 7) is 1.22.